The first-order chi connectivity index (χ1) is 34.8. The van der Waals surface area contributed by atoms with Crippen molar-refractivity contribution < 1.29 is 37.1 Å². The monoisotopic (exact) mass is 1080 g/mol. The molecule has 21 nitrogen and oxygen atoms in total. The molecular formula is C52H109N13O8S. The van der Waals surface area contributed by atoms with Crippen LogP contribution in [0.4, 0.5) is 0 Å². The van der Waals surface area contributed by atoms with E-state index in [0.29, 0.717) is 19.0 Å². The van der Waals surface area contributed by atoms with Gasteiger partial charge in [0, 0.05) is 165 Å². The normalized spacial score (nSPS) is 15.6. The Balaban J connectivity index is -0.000000375. The number of ether oxygens (including phenoxy) is 2. The molecule has 2 fully saturated rings. The molecule has 74 heavy (non-hydrogen) atoms. The quantitative estimate of drug-likeness (QED) is 0.167. The lowest BCUT2D eigenvalue weighted by Crippen LogP contribution is -2.39. The largest absolute Gasteiger partial charge is 0.388 e. The van der Waals surface area contributed by atoms with Gasteiger partial charge in [0.1, 0.15) is 9.84 Å². The van der Waals surface area contributed by atoms with Gasteiger partial charge in [-0.1, -0.05) is 6.92 Å². The van der Waals surface area contributed by atoms with Crippen LogP contribution in [0.5, 0.6) is 0 Å². The zero-order chi connectivity index (χ0) is 57.3. The number of aliphatic imine (C=N–C) groups is 4. The molecule has 0 aromatic rings. The van der Waals surface area contributed by atoms with Gasteiger partial charge in [0.2, 0.25) is 23.6 Å². The van der Waals surface area contributed by atoms with Crippen LogP contribution < -0.4 is 16.4 Å². The second kappa shape index (κ2) is 51.0. The maximum atomic E-state index is 10.7. The van der Waals surface area contributed by atoms with Crippen molar-refractivity contribution in [1.82, 2.24) is 40.0 Å². The van der Waals surface area contributed by atoms with Gasteiger partial charge in [-0.05, 0) is 100 Å². The highest BCUT2D eigenvalue weighted by Crippen LogP contribution is 2.08. The number of nitrogens with two attached hydrogens (primary N) is 1. The van der Waals surface area contributed by atoms with Gasteiger partial charge in [-0.25, -0.2) is 8.42 Å². The van der Waals surface area contributed by atoms with E-state index in [2.05, 4.69) is 54.3 Å². The van der Waals surface area contributed by atoms with Crippen molar-refractivity contribution in [2.45, 2.75) is 114 Å². The van der Waals surface area contributed by atoms with E-state index in [-0.39, 0.29) is 35.9 Å². The van der Waals surface area contributed by atoms with Crippen LogP contribution in [0, 0.1) is 0 Å². The van der Waals surface area contributed by atoms with Crippen LogP contribution in [0.2, 0.25) is 0 Å². The van der Waals surface area contributed by atoms with Crippen LogP contribution in [0.3, 0.4) is 0 Å². The van der Waals surface area contributed by atoms with E-state index in [4.69, 9.17) is 15.2 Å². The van der Waals surface area contributed by atoms with E-state index < -0.39 is 9.84 Å². The van der Waals surface area contributed by atoms with Crippen LogP contribution in [0.25, 0.3) is 0 Å². The number of rotatable bonds is 14. The topological polar surface area (TPSA) is 240 Å². The minimum Gasteiger partial charge on any atom is -0.388 e. The molecule has 436 valence electrons. The third-order valence-corrected chi connectivity index (χ3v) is 12.1. The van der Waals surface area contributed by atoms with Crippen molar-refractivity contribution in [3.8, 4) is 0 Å². The number of methoxy groups -OCH3 is 1. The molecule has 22 heteroatoms. The highest BCUT2D eigenvalue weighted by Gasteiger charge is 2.12. The predicted molar refractivity (Wildman–Crippen MR) is 310 cm³/mol. The Bertz CT molecular complexity index is 1640. The van der Waals surface area contributed by atoms with Gasteiger partial charge in [0.25, 0.3) is 0 Å². The van der Waals surface area contributed by atoms with Crippen LogP contribution in [-0.4, -0.2) is 264 Å². The summed E-state index contributed by atoms with van der Waals surface area (Å²) in [5.41, 5.74) is 7.90. The minimum atomic E-state index is -2.95. The molecule has 5 heterocycles. The lowest BCUT2D eigenvalue weighted by atomic mass is 10.1. The van der Waals surface area contributed by atoms with E-state index >= 15 is 0 Å². The first-order valence-corrected chi connectivity index (χ1v) is 28.5. The summed E-state index contributed by atoms with van der Waals surface area (Å²) in [6, 6.07) is 0. The average molecular weight is 1080 g/mol. The molecule has 0 aromatic carbocycles. The molecule has 5 rings (SSSR count). The van der Waals surface area contributed by atoms with E-state index in [0.717, 1.165) is 110 Å². The number of likely N-dealkylation sites (tertiary alicyclic amines) is 1. The zero-order valence-corrected chi connectivity index (χ0v) is 50.6. The molecule has 5 aliphatic heterocycles. The Morgan fingerprint density at radius 3 is 1.59 bits per heavy atom. The van der Waals surface area contributed by atoms with Crippen molar-refractivity contribution in [3.63, 3.8) is 0 Å². The standard InChI is InChI=1S/2C7H16N2O.C7H13NO.C6H13NO3S.C6H13NO2.C6H11N.C5H9N.C4H8N2.C4H10N2/c1-8-2-3-9-4-6-10-7-5-9;1-7(10)9(4)6-5-8(2)3;1-7(9)8-5-3-2-4-6-8;1-6(8)7(2)4-5-11(3,9)10;1-6(8)7(2)4-5-9-3;1-2-6-4-3-5-7-6;1-5-3-2-4-6-5;1-4-5-2-3-6-4;1-3-6-4(2)5/h8H,2-7H2,1H3;5-6H2,1-4H3;2-6H2,1H3;4-5H2,1-3H3;4-5H2,1-3H3;2-5H2,1H3;2-4H2,1H3;2-3H2,1H3,(H,5,6);3H2,1-2H3,(H2,5,6). The first-order valence-electron chi connectivity index (χ1n) is 26.5. The Labute approximate surface area is 450 Å². The van der Waals surface area contributed by atoms with Crippen LogP contribution >= 0.6 is 0 Å². The number of hydrogen-bond donors (Lipinski definition) is 3. The van der Waals surface area contributed by atoms with Crippen molar-refractivity contribution in [3.05, 3.63) is 0 Å². The van der Waals surface area contributed by atoms with Gasteiger partial charge in [-0.2, -0.15) is 0 Å². The summed E-state index contributed by atoms with van der Waals surface area (Å²) in [6.07, 6.45) is 11.1. The lowest BCUT2D eigenvalue weighted by Gasteiger charge is -2.26. The summed E-state index contributed by atoms with van der Waals surface area (Å²) < 4.78 is 31.2. The number of morpholine rings is 1. The number of carbonyl (C=O) groups excluding carboxylic acids is 4. The number of nitrogens with one attached hydrogen (secondary N) is 2. The zero-order valence-electron chi connectivity index (χ0n) is 49.8. The fraction of sp³-hybridized carbons (Fsp3) is 0.846. The van der Waals surface area contributed by atoms with Crippen molar-refractivity contribution >= 4 is 56.6 Å². The van der Waals surface area contributed by atoms with E-state index in [1.807, 2.05) is 46.9 Å². The van der Waals surface area contributed by atoms with Crippen molar-refractivity contribution in [2.24, 2.45) is 25.7 Å². The first kappa shape index (κ1) is 76.4. The van der Waals surface area contributed by atoms with Gasteiger partial charge < -0.3 is 50.3 Å². The molecule has 0 radical (unpaired) electrons. The SMILES string of the molecule is CC(=O)N(C)CCN(C)C.CC(=O)N(C)CCS(C)(=O)=O.CC(=O)N1CCCCC1.CC1=NCCC1.CC1=NCCN1.CCC1=NCCC1.CCN=C(C)N.CNCCN1CCOCC1.COCCN(C)C(C)=O. The maximum Gasteiger partial charge on any atom is 0.219 e. The number of sulfone groups is 1. The Morgan fingerprint density at radius 2 is 1.30 bits per heavy atom. The molecule has 0 aromatic heterocycles. The Hall–Kier alpha value is -4.09. The van der Waals surface area contributed by atoms with E-state index in [1.54, 1.807) is 51.8 Å². The molecule has 0 atom stereocenters. The molecule has 2 saturated heterocycles. The lowest BCUT2D eigenvalue weighted by molar-refractivity contribution is -0.130. The summed E-state index contributed by atoms with van der Waals surface area (Å²) in [5, 5.41) is 6.20. The molecule has 0 bridgehead atoms. The molecule has 4 N–H and O–H groups in total. The van der Waals surface area contributed by atoms with Crippen LogP contribution in [0.15, 0.2) is 20.0 Å². The average Bonchev–Trinajstić information content (AvgIpc) is 4.19. The summed E-state index contributed by atoms with van der Waals surface area (Å²) in [4.78, 5) is 69.9. The number of nitrogens with zero attached hydrogens (tertiary/aromatic N) is 10. The molecule has 0 spiro atoms. The Morgan fingerprint density at radius 1 is 0.757 bits per heavy atom. The molecule has 5 aliphatic rings. The van der Waals surface area contributed by atoms with Gasteiger partial charge in [0.15, 0.2) is 0 Å². The summed E-state index contributed by atoms with van der Waals surface area (Å²) in [6.45, 7) is 32.6. The van der Waals surface area contributed by atoms with Crippen molar-refractivity contribution in [2.75, 3.05) is 179 Å². The smallest absolute Gasteiger partial charge is 0.219 e. The number of piperidine rings is 1. The van der Waals surface area contributed by atoms with Gasteiger partial charge in [0.05, 0.1) is 43.8 Å². The van der Waals surface area contributed by atoms with Gasteiger partial charge in [-0.3, -0.25) is 44.0 Å². The molecular weight excluding hydrogens is 967 g/mol. The van der Waals surface area contributed by atoms with E-state index in [1.165, 1.54) is 81.5 Å². The molecule has 0 saturated carbocycles. The fourth-order valence-electron chi connectivity index (χ4n) is 5.99. The highest BCUT2D eigenvalue weighted by atomic mass is 32.2. The van der Waals surface area contributed by atoms with Gasteiger partial charge in [-0.15, -0.1) is 0 Å². The van der Waals surface area contributed by atoms with Crippen molar-refractivity contribution in [1.29, 1.82) is 0 Å². The Kier molecular flexibility index (Phi) is 52.7. The summed E-state index contributed by atoms with van der Waals surface area (Å²) in [5.74, 6) is 2.09. The number of amides is 4. The summed E-state index contributed by atoms with van der Waals surface area (Å²) in [7, 11) is 9.79. The molecule has 4 amide bonds. The number of likely N-dealkylation sites (N-methyl/N-ethyl adjacent to an activating group) is 4. The predicted octanol–water partition coefficient (Wildman–Crippen LogP) is 3.47. The van der Waals surface area contributed by atoms with Gasteiger partial charge >= 0.3 is 0 Å². The highest BCUT2D eigenvalue weighted by molar-refractivity contribution is 7.90. The number of amidine groups is 2. The minimum absolute atomic E-state index is 0.0308. The third-order valence-electron chi connectivity index (χ3n) is 11.2. The second-order valence-corrected chi connectivity index (χ2v) is 20.8. The number of hydrogen-bond acceptors (Lipinski definition) is 16. The third kappa shape index (κ3) is 57.2. The van der Waals surface area contributed by atoms with Crippen LogP contribution in [-0.2, 0) is 38.5 Å². The maximum absolute atomic E-state index is 10.7. The molecule has 0 aliphatic carbocycles. The van der Waals surface area contributed by atoms with E-state index in [9.17, 15) is 27.6 Å². The second-order valence-electron chi connectivity index (χ2n) is 18.5. The summed E-state index contributed by atoms with van der Waals surface area (Å²) >= 11 is 0. The number of carbonyl (C=O) groups is 4. The molecule has 0 unspecified atom stereocenters. The van der Waals surface area contributed by atoms with Crippen LogP contribution in [0.1, 0.15) is 114 Å². The fourth-order valence-corrected chi connectivity index (χ4v) is 6.60.